The number of hydrogen-bond donors (Lipinski definition) is 3. The van der Waals surface area contributed by atoms with Crippen molar-refractivity contribution in [3.05, 3.63) is 77.2 Å². The van der Waals surface area contributed by atoms with Gasteiger partial charge in [-0.25, -0.2) is 9.18 Å². The molecule has 5 aromatic rings. The number of benzene rings is 3. The lowest BCUT2D eigenvalue weighted by Crippen LogP contribution is -2.54. The van der Waals surface area contributed by atoms with Gasteiger partial charge < -0.3 is 34.6 Å². The lowest BCUT2D eigenvalue weighted by Gasteiger charge is -2.36. The normalized spacial score (nSPS) is 24.1. The number of fused-ring (bicyclic) bond motifs is 6. The Labute approximate surface area is 409 Å². The Balaban J connectivity index is 0.000000155. The van der Waals surface area contributed by atoms with Gasteiger partial charge in [-0.15, -0.1) is 0 Å². The molecule has 71 heavy (non-hydrogen) atoms. The van der Waals surface area contributed by atoms with Gasteiger partial charge in [0, 0.05) is 87.3 Å². The van der Waals surface area contributed by atoms with Crippen molar-refractivity contribution in [1.82, 2.24) is 40.3 Å². The Bertz CT molecular complexity index is 2970. The molecule has 7 aliphatic heterocycles. The Kier molecular flexibility index (Phi) is 12.4. The number of phenols is 1. The quantitative estimate of drug-likeness (QED) is 0.172. The zero-order valence-corrected chi connectivity index (χ0v) is 39.9. The SMILES string of the molecule is CCc1cccc2cc(O)cc(-c3ncc4c(N5CC6CCC(C5)N6)nc(OC)nc4c3F)c12.O=C1CCC(N2C(=O)c3ccc(N4CCN(C(=O)OCC5CCC6CCCN65)CC4)cc3C2=O)C(=O)N1. The number of aromatic hydroxyl groups is 1. The van der Waals surface area contributed by atoms with E-state index in [1.165, 1.54) is 26.4 Å². The van der Waals surface area contributed by atoms with Gasteiger partial charge in [0.2, 0.25) is 11.8 Å². The van der Waals surface area contributed by atoms with Crippen LogP contribution in [0.2, 0.25) is 0 Å². The third-order valence-electron chi connectivity index (χ3n) is 15.5. The molecule has 2 aromatic heterocycles. The van der Waals surface area contributed by atoms with E-state index in [9.17, 15) is 29.1 Å². The fourth-order valence-corrected chi connectivity index (χ4v) is 11.9. The molecule has 7 aliphatic rings. The second-order valence-corrected chi connectivity index (χ2v) is 19.6. The minimum absolute atomic E-state index is 0.0642. The van der Waals surface area contributed by atoms with Crippen molar-refractivity contribution >= 4 is 62.9 Å². The molecular weight excluding hydrogens is 912 g/mol. The summed E-state index contributed by atoms with van der Waals surface area (Å²) >= 11 is 0. The molecular formula is C52H57FN10O8. The second-order valence-electron chi connectivity index (χ2n) is 19.6. The molecule has 2 bridgehead atoms. The van der Waals surface area contributed by atoms with E-state index in [2.05, 4.69) is 47.2 Å². The fraction of sp³-hybridized carbons (Fsp3) is 0.462. The first-order chi connectivity index (χ1) is 34.5. The monoisotopic (exact) mass is 968 g/mol. The molecule has 5 unspecified atom stereocenters. The van der Waals surface area contributed by atoms with Crippen LogP contribution in [-0.2, 0) is 20.7 Å². The van der Waals surface area contributed by atoms with Gasteiger partial charge >= 0.3 is 12.1 Å². The first kappa shape index (κ1) is 46.4. The Morgan fingerprint density at radius 2 is 1.65 bits per heavy atom. The fourth-order valence-electron chi connectivity index (χ4n) is 11.9. The molecule has 370 valence electrons. The maximum absolute atomic E-state index is 16.2. The summed E-state index contributed by atoms with van der Waals surface area (Å²) in [7, 11) is 1.49. The van der Waals surface area contributed by atoms with Gasteiger partial charge in [-0.1, -0.05) is 25.1 Å². The van der Waals surface area contributed by atoms with Crippen molar-refractivity contribution in [2.75, 3.05) is 69.3 Å². The number of carbonyl (C=O) groups is 5. The summed E-state index contributed by atoms with van der Waals surface area (Å²) in [4.78, 5) is 85.4. The average molecular weight is 969 g/mol. The number of methoxy groups -OCH3 is 1. The molecule has 6 fully saturated rings. The summed E-state index contributed by atoms with van der Waals surface area (Å²) in [6.07, 6.45) is 9.38. The summed E-state index contributed by atoms with van der Waals surface area (Å²) in [5.41, 5.74) is 3.23. The van der Waals surface area contributed by atoms with Gasteiger partial charge in [-0.05, 0) is 105 Å². The molecule has 3 aromatic carbocycles. The van der Waals surface area contributed by atoms with Gasteiger partial charge in [-0.2, -0.15) is 9.97 Å². The largest absolute Gasteiger partial charge is 0.508 e. The highest BCUT2D eigenvalue weighted by Crippen LogP contribution is 2.40. The molecule has 0 saturated carbocycles. The van der Waals surface area contributed by atoms with Crippen molar-refractivity contribution in [2.45, 2.75) is 94.9 Å². The van der Waals surface area contributed by atoms with E-state index in [-0.39, 0.29) is 53.0 Å². The van der Waals surface area contributed by atoms with Crippen LogP contribution < -0.4 is 25.2 Å². The molecule has 9 heterocycles. The predicted octanol–water partition coefficient (Wildman–Crippen LogP) is 5.17. The van der Waals surface area contributed by atoms with Crippen LogP contribution in [0, 0.1) is 5.82 Å². The first-order valence-electron chi connectivity index (χ1n) is 24.9. The molecule has 19 heteroatoms. The van der Waals surface area contributed by atoms with E-state index in [4.69, 9.17) is 9.47 Å². The van der Waals surface area contributed by atoms with E-state index in [0.29, 0.717) is 73.7 Å². The number of ether oxygens (including phenoxy) is 2. The lowest BCUT2D eigenvalue weighted by atomic mass is 9.95. The summed E-state index contributed by atoms with van der Waals surface area (Å²) in [6, 6.07) is 15.2. The highest BCUT2D eigenvalue weighted by molar-refractivity contribution is 6.23. The van der Waals surface area contributed by atoms with E-state index in [1.807, 2.05) is 18.2 Å². The molecule has 18 nitrogen and oxygen atoms in total. The number of amides is 5. The van der Waals surface area contributed by atoms with Gasteiger partial charge in [0.05, 0.1) is 23.6 Å². The van der Waals surface area contributed by atoms with Crippen molar-refractivity contribution in [3.8, 4) is 23.0 Å². The summed E-state index contributed by atoms with van der Waals surface area (Å²) in [5.74, 6) is -1.90. The minimum Gasteiger partial charge on any atom is -0.508 e. The highest BCUT2D eigenvalue weighted by Gasteiger charge is 2.45. The Morgan fingerprint density at radius 1 is 0.859 bits per heavy atom. The number of aromatic nitrogens is 3. The minimum atomic E-state index is -0.983. The van der Waals surface area contributed by atoms with Crippen molar-refractivity contribution in [2.24, 2.45) is 0 Å². The number of phenolic OH excluding ortho intramolecular Hbond substituents is 1. The standard InChI is InChI=1S/C26H26FN5O2.C26H31N5O6/c1-3-14-5-4-6-15-9-18(33)10-19(21(14)15)23-22(27)24-20(11-28-23)25(31-26(30-24)34-2)32-12-16-7-8-17(13-32)29-16;32-22-8-7-21(23(33)27-22)31-24(34)19-6-5-17(14-20(19)25(31)35)28-10-12-29(13-11-28)26(36)37-15-18-4-3-16-2-1-9-30(16)18/h4-6,9-11,16-17,29,33H,3,7-8,12-13H2,1-2H3;5-6,14,16,18,21H,1-4,7-13,15H2,(H,27,32,33). The van der Waals surface area contributed by atoms with E-state index in [0.717, 1.165) is 72.2 Å². The van der Waals surface area contributed by atoms with E-state index >= 15 is 4.39 Å². The first-order valence-corrected chi connectivity index (χ1v) is 24.9. The number of piperidine rings is 1. The van der Waals surface area contributed by atoms with Gasteiger partial charge in [0.25, 0.3) is 11.8 Å². The molecule has 0 spiro atoms. The van der Waals surface area contributed by atoms with Gasteiger partial charge in [0.15, 0.2) is 5.82 Å². The molecule has 12 rings (SSSR count). The van der Waals surface area contributed by atoms with Crippen LogP contribution in [0.5, 0.6) is 11.8 Å². The predicted molar refractivity (Wildman–Crippen MR) is 261 cm³/mol. The van der Waals surface area contributed by atoms with Gasteiger partial charge in [0.1, 0.15) is 35.4 Å². The Morgan fingerprint density at radius 3 is 2.41 bits per heavy atom. The molecule has 5 amide bonds. The molecule has 5 atom stereocenters. The smallest absolute Gasteiger partial charge is 0.409 e. The van der Waals surface area contributed by atoms with E-state index < -0.39 is 35.5 Å². The number of piperazine rings is 2. The number of hydrogen-bond acceptors (Lipinski definition) is 15. The summed E-state index contributed by atoms with van der Waals surface area (Å²) < 4.78 is 27.2. The molecule has 0 radical (unpaired) electrons. The average Bonchev–Trinajstić information content (AvgIpc) is 4.16. The zero-order valence-electron chi connectivity index (χ0n) is 39.9. The van der Waals surface area contributed by atoms with Crippen LogP contribution in [0.4, 0.5) is 20.7 Å². The van der Waals surface area contributed by atoms with Crippen molar-refractivity contribution in [1.29, 1.82) is 0 Å². The number of pyridine rings is 1. The summed E-state index contributed by atoms with van der Waals surface area (Å²) in [6.45, 7) is 7.35. The number of carbonyl (C=O) groups excluding carboxylic acids is 5. The third-order valence-corrected chi connectivity index (χ3v) is 15.5. The maximum Gasteiger partial charge on any atom is 0.409 e. The summed E-state index contributed by atoms with van der Waals surface area (Å²) in [5, 5.41) is 18.5. The number of nitrogens with zero attached hydrogens (tertiary/aromatic N) is 8. The number of nitrogens with one attached hydrogen (secondary N) is 2. The van der Waals surface area contributed by atoms with Crippen molar-refractivity contribution < 1.29 is 42.9 Å². The van der Waals surface area contributed by atoms with Crippen LogP contribution in [0.25, 0.3) is 32.9 Å². The third kappa shape index (κ3) is 8.61. The highest BCUT2D eigenvalue weighted by atomic mass is 19.1. The van der Waals surface area contributed by atoms with Crippen LogP contribution in [0.3, 0.4) is 0 Å². The number of rotatable bonds is 8. The van der Waals surface area contributed by atoms with Gasteiger partial charge in [-0.3, -0.25) is 39.3 Å². The second kappa shape index (κ2) is 19.0. The van der Waals surface area contributed by atoms with E-state index in [1.54, 1.807) is 41.4 Å². The zero-order chi connectivity index (χ0) is 49.1. The molecule has 3 N–H and O–H groups in total. The van der Waals surface area contributed by atoms with Crippen LogP contribution >= 0.6 is 0 Å². The Hall–Kier alpha value is -6.99. The molecule has 0 aliphatic carbocycles. The van der Waals surface area contributed by atoms with Crippen LogP contribution in [0.1, 0.15) is 84.6 Å². The number of imide groups is 2. The topological polar surface area (TPSA) is 203 Å². The molecule has 6 saturated heterocycles. The van der Waals surface area contributed by atoms with Crippen LogP contribution in [0.15, 0.2) is 54.7 Å². The lowest BCUT2D eigenvalue weighted by molar-refractivity contribution is -0.136. The number of halogens is 1. The van der Waals surface area contributed by atoms with Crippen molar-refractivity contribution in [3.63, 3.8) is 0 Å². The van der Waals surface area contributed by atoms with Crippen LogP contribution in [-0.4, -0.2) is 154 Å². The number of anilines is 2. The number of aryl methyl sites for hydroxylation is 1. The maximum atomic E-state index is 16.2.